The van der Waals surface area contributed by atoms with E-state index >= 15 is 0 Å². The molecule has 1 rings (SSSR count). The molecule has 1 unspecified atom stereocenters. The van der Waals surface area contributed by atoms with Crippen LogP contribution in [0.3, 0.4) is 0 Å². The Kier molecular flexibility index (Phi) is 6.48. The van der Waals surface area contributed by atoms with Crippen molar-refractivity contribution in [1.29, 1.82) is 0 Å². The molecule has 20 heavy (non-hydrogen) atoms. The summed E-state index contributed by atoms with van der Waals surface area (Å²) in [6.45, 7) is -0.205. The Hall–Kier alpha value is -2.12. The fraction of sp³-hybridized carbons (Fsp3) is 0.385. The second-order valence-electron chi connectivity index (χ2n) is 4.21. The Morgan fingerprint density at radius 2 is 2.00 bits per heavy atom. The maximum absolute atomic E-state index is 11.7. The molecule has 0 aliphatic heterocycles. The van der Waals surface area contributed by atoms with E-state index in [-0.39, 0.29) is 25.7 Å². The van der Waals surface area contributed by atoms with Gasteiger partial charge in [-0.25, -0.2) is 0 Å². The van der Waals surface area contributed by atoms with E-state index in [0.29, 0.717) is 11.3 Å². The molecule has 1 aromatic rings. The highest BCUT2D eigenvalue weighted by molar-refractivity contribution is 5.96. The van der Waals surface area contributed by atoms with Gasteiger partial charge in [0.25, 0.3) is 5.91 Å². The van der Waals surface area contributed by atoms with E-state index < -0.39 is 11.9 Å². The largest absolute Gasteiger partial charge is 0.399 e. The van der Waals surface area contributed by atoms with E-state index in [4.69, 9.17) is 15.6 Å². The van der Waals surface area contributed by atoms with Crippen LogP contribution < -0.4 is 16.4 Å². The highest BCUT2D eigenvalue weighted by atomic mass is 16.5. The molecule has 0 spiro atoms. The Bertz CT molecular complexity index is 447. The summed E-state index contributed by atoms with van der Waals surface area (Å²) in [7, 11) is 1.47. The fourth-order valence-electron chi connectivity index (χ4n) is 1.52. The average Bonchev–Trinajstić information content (AvgIpc) is 2.45. The van der Waals surface area contributed by atoms with Gasteiger partial charge in [0.05, 0.1) is 25.8 Å². The van der Waals surface area contributed by atoms with E-state index in [9.17, 15) is 9.59 Å². The lowest BCUT2D eigenvalue weighted by Gasteiger charge is -2.15. The maximum Gasteiger partial charge on any atom is 0.251 e. The van der Waals surface area contributed by atoms with Gasteiger partial charge in [-0.05, 0) is 24.3 Å². The Morgan fingerprint density at radius 1 is 1.35 bits per heavy atom. The van der Waals surface area contributed by atoms with Crippen LogP contribution >= 0.6 is 0 Å². The Morgan fingerprint density at radius 3 is 2.55 bits per heavy atom. The third-order valence-electron chi connectivity index (χ3n) is 2.54. The minimum atomic E-state index is -0.485. The molecule has 7 heteroatoms. The van der Waals surface area contributed by atoms with Crippen LogP contribution in [0.2, 0.25) is 0 Å². The summed E-state index contributed by atoms with van der Waals surface area (Å²) in [5, 5.41) is 14.0. The lowest BCUT2D eigenvalue weighted by atomic mass is 10.2. The number of benzene rings is 1. The molecule has 0 radical (unpaired) electrons. The van der Waals surface area contributed by atoms with Crippen molar-refractivity contribution in [3.8, 4) is 0 Å². The molecule has 5 N–H and O–H groups in total. The first kappa shape index (κ1) is 15.9. The third kappa shape index (κ3) is 5.25. The van der Waals surface area contributed by atoms with Crippen LogP contribution in [0.5, 0.6) is 0 Å². The standard InChI is InChI=1S/C13H19N3O4/c1-20-8-11(7-17)16-12(18)6-15-13(19)9-2-4-10(14)5-3-9/h2-5,11,17H,6-8,14H2,1H3,(H,15,19)(H,16,18). The number of methoxy groups -OCH3 is 1. The highest BCUT2D eigenvalue weighted by Gasteiger charge is 2.12. The number of aliphatic hydroxyl groups is 1. The highest BCUT2D eigenvalue weighted by Crippen LogP contribution is 2.04. The minimum absolute atomic E-state index is 0.177. The second kappa shape index (κ2) is 8.13. The zero-order valence-corrected chi connectivity index (χ0v) is 11.3. The van der Waals surface area contributed by atoms with Crippen molar-refractivity contribution < 1.29 is 19.4 Å². The molecule has 1 atom stereocenters. The van der Waals surface area contributed by atoms with Gasteiger partial charge in [-0.15, -0.1) is 0 Å². The van der Waals surface area contributed by atoms with Crippen LogP contribution in [-0.2, 0) is 9.53 Å². The predicted octanol–water partition coefficient (Wildman–Crippen LogP) is -0.878. The van der Waals surface area contributed by atoms with Crippen LogP contribution in [0.25, 0.3) is 0 Å². The van der Waals surface area contributed by atoms with E-state index in [1.54, 1.807) is 24.3 Å². The summed E-state index contributed by atoms with van der Waals surface area (Å²) in [6.07, 6.45) is 0. The normalized spacial score (nSPS) is 11.7. The van der Waals surface area contributed by atoms with E-state index in [1.165, 1.54) is 7.11 Å². The number of rotatable bonds is 7. The molecule has 0 aliphatic carbocycles. The van der Waals surface area contributed by atoms with Gasteiger partial charge in [-0.1, -0.05) is 0 Å². The molecule has 0 aromatic heterocycles. The van der Waals surface area contributed by atoms with Gasteiger partial charge in [0.2, 0.25) is 5.91 Å². The van der Waals surface area contributed by atoms with Gasteiger partial charge < -0.3 is 26.2 Å². The summed E-state index contributed by atoms with van der Waals surface area (Å²) in [5.41, 5.74) is 6.50. The number of carbonyl (C=O) groups excluding carboxylic acids is 2. The van der Waals surface area contributed by atoms with E-state index in [0.717, 1.165) is 0 Å². The number of aliphatic hydroxyl groups excluding tert-OH is 1. The summed E-state index contributed by atoms with van der Waals surface area (Å²) in [5.74, 6) is -0.766. The Labute approximate surface area is 117 Å². The molecule has 1 aromatic carbocycles. The average molecular weight is 281 g/mol. The molecule has 0 bridgehead atoms. The SMILES string of the molecule is COCC(CO)NC(=O)CNC(=O)c1ccc(N)cc1. The molecule has 0 saturated heterocycles. The summed E-state index contributed by atoms with van der Waals surface area (Å²) >= 11 is 0. The first-order chi connectivity index (χ1) is 9.56. The van der Waals surface area contributed by atoms with Gasteiger partial charge >= 0.3 is 0 Å². The molecule has 110 valence electrons. The predicted molar refractivity (Wildman–Crippen MR) is 74.1 cm³/mol. The summed E-state index contributed by atoms with van der Waals surface area (Å²) in [4.78, 5) is 23.3. The van der Waals surface area contributed by atoms with Gasteiger partial charge in [0.1, 0.15) is 0 Å². The topological polar surface area (TPSA) is 114 Å². The smallest absolute Gasteiger partial charge is 0.251 e. The van der Waals surface area contributed by atoms with Crippen molar-refractivity contribution in [3.05, 3.63) is 29.8 Å². The number of hydrogen-bond donors (Lipinski definition) is 4. The van der Waals surface area contributed by atoms with Crippen molar-refractivity contribution in [2.24, 2.45) is 0 Å². The van der Waals surface area contributed by atoms with E-state index in [1.807, 2.05) is 0 Å². The zero-order chi connectivity index (χ0) is 15.0. The molecule has 7 nitrogen and oxygen atoms in total. The quantitative estimate of drug-likeness (QED) is 0.485. The monoisotopic (exact) mass is 281 g/mol. The van der Waals surface area contributed by atoms with Crippen molar-refractivity contribution in [1.82, 2.24) is 10.6 Å². The minimum Gasteiger partial charge on any atom is -0.399 e. The maximum atomic E-state index is 11.7. The van der Waals surface area contributed by atoms with Gasteiger partial charge in [-0.2, -0.15) is 0 Å². The number of hydrogen-bond acceptors (Lipinski definition) is 5. The molecule has 0 fully saturated rings. The van der Waals surface area contributed by atoms with E-state index in [2.05, 4.69) is 10.6 Å². The lowest BCUT2D eigenvalue weighted by Crippen LogP contribution is -2.45. The molecular weight excluding hydrogens is 262 g/mol. The van der Waals surface area contributed by atoms with Crippen molar-refractivity contribution in [3.63, 3.8) is 0 Å². The van der Waals surface area contributed by atoms with Crippen LogP contribution in [0, 0.1) is 0 Å². The van der Waals surface area contributed by atoms with Crippen LogP contribution in [0.4, 0.5) is 5.69 Å². The Balaban J connectivity index is 2.40. The first-order valence-electron chi connectivity index (χ1n) is 6.09. The number of carbonyl (C=O) groups is 2. The molecule has 0 aliphatic rings. The van der Waals surface area contributed by atoms with Gasteiger partial charge in [-0.3, -0.25) is 9.59 Å². The molecular formula is C13H19N3O4. The summed E-state index contributed by atoms with van der Waals surface area (Å²) < 4.78 is 4.83. The van der Waals surface area contributed by atoms with Crippen LogP contribution in [0.15, 0.2) is 24.3 Å². The number of nitrogen functional groups attached to an aromatic ring is 1. The van der Waals surface area contributed by atoms with Crippen LogP contribution in [-0.4, -0.2) is 49.8 Å². The molecule has 0 heterocycles. The first-order valence-corrected chi connectivity index (χ1v) is 6.09. The van der Waals surface area contributed by atoms with Crippen molar-refractivity contribution in [2.75, 3.05) is 32.6 Å². The third-order valence-corrected chi connectivity index (χ3v) is 2.54. The summed E-state index contributed by atoms with van der Waals surface area (Å²) in [6, 6.07) is 5.87. The lowest BCUT2D eigenvalue weighted by molar-refractivity contribution is -0.121. The number of amides is 2. The van der Waals surface area contributed by atoms with Gasteiger partial charge in [0, 0.05) is 18.4 Å². The molecule has 2 amide bonds. The molecule has 0 saturated carbocycles. The second-order valence-corrected chi connectivity index (χ2v) is 4.21. The van der Waals surface area contributed by atoms with Crippen molar-refractivity contribution >= 4 is 17.5 Å². The van der Waals surface area contributed by atoms with Crippen LogP contribution in [0.1, 0.15) is 10.4 Å². The van der Waals surface area contributed by atoms with Crippen molar-refractivity contribution in [2.45, 2.75) is 6.04 Å². The fourth-order valence-corrected chi connectivity index (χ4v) is 1.52. The number of ether oxygens (including phenoxy) is 1. The number of anilines is 1. The van der Waals surface area contributed by atoms with Gasteiger partial charge in [0.15, 0.2) is 0 Å². The number of nitrogens with one attached hydrogen (secondary N) is 2. The number of nitrogens with two attached hydrogens (primary N) is 1. The zero-order valence-electron chi connectivity index (χ0n) is 11.3.